The van der Waals surface area contributed by atoms with E-state index in [1.165, 1.54) is 7.11 Å². The van der Waals surface area contributed by atoms with Crippen LogP contribution in [0.1, 0.15) is 5.82 Å². The summed E-state index contributed by atoms with van der Waals surface area (Å²) >= 11 is 12.5. The lowest BCUT2D eigenvalue weighted by molar-refractivity contribution is 0.415. The molecule has 3 aromatic rings. The number of para-hydroxylation sites is 1. The van der Waals surface area contributed by atoms with E-state index in [0.717, 1.165) is 22.4 Å². The Bertz CT molecular complexity index is 884. The van der Waals surface area contributed by atoms with Crippen molar-refractivity contribution in [2.24, 2.45) is 5.73 Å². The minimum Gasteiger partial charge on any atom is -0.494 e. The first-order valence-electron chi connectivity index (χ1n) is 7.27. The normalized spacial score (nSPS) is 10.0. The number of aromatic nitrogens is 2. The number of hydrogen-bond acceptors (Lipinski definition) is 5. The van der Waals surface area contributed by atoms with Gasteiger partial charge in [0.25, 0.3) is 0 Å². The molecule has 0 aliphatic heterocycles. The molecule has 2 aromatic carbocycles. The third kappa shape index (κ3) is 4.24. The van der Waals surface area contributed by atoms with Gasteiger partial charge in [0.15, 0.2) is 5.75 Å². The van der Waals surface area contributed by atoms with Gasteiger partial charge >= 0.3 is 0 Å². The number of anilines is 2. The third-order valence-corrected chi connectivity index (χ3v) is 4.27. The molecule has 0 atom stereocenters. The van der Waals surface area contributed by atoms with Crippen molar-refractivity contribution >= 4 is 70.4 Å². The molecular weight excluding hydrogens is 418 g/mol. The number of rotatable bonds is 4. The maximum atomic E-state index is 6.25. The van der Waals surface area contributed by atoms with Crippen LogP contribution in [0, 0.1) is 0 Å². The number of halogens is 4. The molecule has 0 bridgehead atoms. The fourth-order valence-electron chi connectivity index (χ4n) is 2.51. The topological polar surface area (TPSA) is 64.3 Å². The summed E-state index contributed by atoms with van der Waals surface area (Å²) in [6.45, 7) is 0.260. The molecule has 9 heteroatoms. The van der Waals surface area contributed by atoms with Gasteiger partial charge in [0.2, 0.25) is 0 Å². The van der Waals surface area contributed by atoms with Gasteiger partial charge in [-0.3, -0.25) is 0 Å². The quantitative estimate of drug-likeness (QED) is 0.623. The monoisotopic (exact) mass is 434 g/mol. The Morgan fingerprint density at radius 1 is 1.08 bits per heavy atom. The van der Waals surface area contributed by atoms with Crippen molar-refractivity contribution in [2.45, 2.75) is 6.54 Å². The minimum absolute atomic E-state index is 0. The molecular formula is C17H18Cl4N4O. The molecule has 1 aromatic heterocycles. The van der Waals surface area contributed by atoms with Crippen molar-refractivity contribution in [3.05, 3.63) is 52.3 Å². The van der Waals surface area contributed by atoms with Crippen LogP contribution in [0.5, 0.6) is 5.75 Å². The molecule has 0 saturated carbocycles. The molecule has 0 unspecified atom stereocenters. The highest BCUT2D eigenvalue weighted by Crippen LogP contribution is 2.39. The molecule has 0 fully saturated rings. The van der Waals surface area contributed by atoms with Crippen molar-refractivity contribution in [3.63, 3.8) is 0 Å². The average molecular weight is 436 g/mol. The number of ether oxygens (including phenoxy) is 1. The van der Waals surface area contributed by atoms with Crippen LogP contribution in [0.4, 0.5) is 11.5 Å². The molecule has 0 spiro atoms. The lowest BCUT2D eigenvalue weighted by Gasteiger charge is -2.22. The first kappa shape index (κ1) is 22.5. The fraction of sp³-hybridized carbons (Fsp3) is 0.176. The zero-order valence-corrected chi connectivity index (χ0v) is 17.2. The van der Waals surface area contributed by atoms with Crippen molar-refractivity contribution < 1.29 is 4.74 Å². The Kier molecular flexibility index (Phi) is 8.18. The van der Waals surface area contributed by atoms with Crippen LogP contribution < -0.4 is 15.4 Å². The number of benzene rings is 2. The van der Waals surface area contributed by atoms with Crippen LogP contribution in [0.15, 0.2) is 36.4 Å². The standard InChI is InChI=1S/C17H16Cl2N4O.2ClH/c1-23(10-7-12(18)16(24-2)13(19)8-10)17-11-5-3-4-6-14(11)21-15(9-20)22-17;;/h3-8H,9,20H2,1-2H3;2*1H. The Hall–Kier alpha value is -1.50. The predicted molar refractivity (Wildman–Crippen MR) is 113 cm³/mol. The second-order valence-electron chi connectivity index (χ2n) is 5.19. The number of nitrogens with two attached hydrogens (primary N) is 1. The molecule has 2 N–H and O–H groups in total. The van der Waals surface area contributed by atoms with E-state index >= 15 is 0 Å². The second kappa shape index (κ2) is 9.44. The summed E-state index contributed by atoms with van der Waals surface area (Å²) in [5, 5.41) is 1.79. The summed E-state index contributed by atoms with van der Waals surface area (Å²) in [6, 6.07) is 11.3. The number of methoxy groups -OCH3 is 1. The smallest absolute Gasteiger partial charge is 0.156 e. The molecule has 0 amide bonds. The largest absolute Gasteiger partial charge is 0.494 e. The van der Waals surface area contributed by atoms with Crippen LogP contribution >= 0.6 is 48.0 Å². The lowest BCUT2D eigenvalue weighted by Crippen LogP contribution is -2.15. The lowest BCUT2D eigenvalue weighted by atomic mass is 10.2. The van der Waals surface area contributed by atoms with Crippen molar-refractivity contribution in [1.29, 1.82) is 0 Å². The number of fused-ring (bicyclic) bond motifs is 1. The summed E-state index contributed by atoms with van der Waals surface area (Å²) in [5.74, 6) is 1.75. The van der Waals surface area contributed by atoms with Crippen molar-refractivity contribution in [1.82, 2.24) is 9.97 Å². The molecule has 140 valence electrons. The van der Waals surface area contributed by atoms with Gasteiger partial charge in [-0.1, -0.05) is 35.3 Å². The summed E-state index contributed by atoms with van der Waals surface area (Å²) in [4.78, 5) is 10.9. The van der Waals surface area contributed by atoms with Crippen LogP contribution in [-0.4, -0.2) is 24.1 Å². The summed E-state index contributed by atoms with van der Waals surface area (Å²) in [5.41, 5.74) is 7.36. The highest BCUT2D eigenvalue weighted by Gasteiger charge is 2.16. The molecule has 0 radical (unpaired) electrons. The van der Waals surface area contributed by atoms with Gasteiger partial charge < -0.3 is 15.4 Å². The summed E-state index contributed by atoms with van der Waals surface area (Å²) in [6.07, 6.45) is 0. The molecule has 1 heterocycles. The van der Waals surface area contributed by atoms with Gasteiger partial charge in [0.1, 0.15) is 11.6 Å². The Balaban J connectivity index is 0.00000169. The molecule has 26 heavy (non-hydrogen) atoms. The molecule has 0 saturated heterocycles. The number of nitrogens with zero attached hydrogens (tertiary/aromatic N) is 3. The first-order chi connectivity index (χ1) is 11.5. The van der Waals surface area contributed by atoms with Crippen molar-refractivity contribution in [3.8, 4) is 5.75 Å². The Morgan fingerprint density at radius 2 is 1.69 bits per heavy atom. The van der Waals surface area contributed by atoms with Crippen LogP contribution in [0.3, 0.4) is 0 Å². The molecule has 0 aliphatic rings. The predicted octanol–water partition coefficient (Wildman–Crippen LogP) is 5.02. The minimum atomic E-state index is 0. The summed E-state index contributed by atoms with van der Waals surface area (Å²) < 4.78 is 5.20. The third-order valence-electron chi connectivity index (χ3n) is 3.70. The van der Waals surface area contributed by atoms with E-state index in [9.17, 15) is 0 Å². The van der Waals surface area contributed by atoms with Crippen LogP contribution in [0.25, 0.3) is 10.9 Å². The van der Waals surface area contributed by atoms with Crippen molar-refractivity contribution in [2.75, 3.05) is 19.1 Å². The number of hydrogen-bond donors (Lipinski definition) is 1. The van der Waals surface area contributed by atoms with Gasteiger partial charge in [-0.25, -0.2) is 9.97 Å². The summed E-state index contributed by atoms with van der Waals surface area (Å²) in [7, 11) is 3.42. The van der Waals surface area contributed by atoms with E-state index in [-0.39, 0.29) is 31.4 Å². The van der Waals surface area contributed by atoms with Gasteiger partial charge in [0.05, 0.1) is 29.2 Å². The SMILES string of the molecule is COc1c(Cl)cc(N(C)c2nc(CN)nc3ccccc23)cc1Cl.Cl.Cl. The first-order valence-corrected chi connectivity index (χ1v) is 8.03. The van der Waals surface area contributed by atoms with E-state index in [1.54, 1.807) is 12.1 Å². The molecule has 0 aliphatic carbocycles. The zero-order chi connectivity index (χ0) is 17.3. The van der Waals surface area contributed by atoms with E-state index in [1.807, 2.05) is 36.2 Å². The maximum Gasteiger partial charge on any atom is 0.156 e. The highest BCUT2D eigenvalue weighted by molar-refractivity contribution is 6.37. The van der Waals surface area contributed by atoms with E-state index in [2.05, 4.69) is 9.97 Å². The zero-order valence-electron chi connectivity index (χ0n) is 14.1. The van der Waals surface area contributed by atoms with Crippen LogP contribution in [-0.2, 0) is 6.54 Å². The fourth-order valence-corrected chi connectivity index (χ4v) is 3.14. The van der Waals surface area contributed by atoms with Crippen LogP contribution in [0.2, 0.25) is 10.0 Å². The van der Waals surface area contributed by atoms with Gasteiger partial charge in [-0.2, -0.15) is 0 Å². The van der Waals surface area contributed by atoms with E-state index in [4.69, 9.17) is 33.7 Å². The van der Waals surface area contributed by atoms with Gasteiger partial charge in [-0.15, -0.1) is 24.8 Å². The van der Waals surface area contributed by atoms with E-state index < -0.39 is 0 Å². The van der Waals surface area contributed by atoms with Gasteiger partial charge in [-0.05, 0) is 24.3 Å². The average Bonchev–Trinajstić information content (AvgIpc) is 2.59. The highest BCUT2D eigenvalue weighted by atomic mass is 35.5. The maximum absolute atomic E-state index is 6.25. The van der Waals surface area contributed by atoms with Gasteiger partial charge in [0, 0.05) is 18.1 Å². The Labute approximate surface area is 174 Å². The molecule has 3 rings (SSSR count). The molecule has 5 nitrogen and oxygen atoms in total. The second-order valence-corrected chi connectivity index (χ2v) is 6.00. The van der Waals surface area contributed by atoms with E-state index in [0.29, 0.717) is 21.6 Å². The Morgan fingerprint density at radius 3 is 2.27 bits per heavy atom.